The third-order valence-corrected chi connectivity index (χ3v) is 5.99. The van der Waals surface area contributed by atoms with Crippen molar-refractivity contribution in [1.29, 1.82) is 0 Å². The van der Waals surface area contributed by atoms with Crippen LogP contribution in [0.15, 0.2) is 54.9 Å². The summed E-state index contributed by atoms with van der Waals surface area (Å²) in [4.78, 5) is 9.19. The van der Waals surface area contributed by atoms with E-state index < -0.39 is 0 Å². The molecule has 0 aliphatic carbocycles. The van der Waals surface area contributed by atoms with Gasteiger partial charge in [-0.05, 0) is 43.9 Å². The molecule has 0 atom stereocenters. The first-order valence-corrected chi connectivity index (χ1v) is 9.28. The summed E-state index contributed by atoms with van der Waals surface area (Å²) < 4.78 is 12.5. The molecule has 0 radical (unpaired) electrons. The van der Waals surface area contributed by atoms with Gasteiger partial charge in [-0.1, -0.05) is 42.5 Å². The predicted molar refractivity (Wildman–Crippen MR) is 110 cm³/mol. The minimum atomic E-state index is -0.379. The van der Waals surface area contributed by atoms with Crippen LogP contribution in [-0.2, 0) is 9.31 Å². The van der Waals surface area contributed by atoms with E-state index in [2.05, 4.69) is 74.1 Å². The highest BCUT2D eigenvalue weighted by molar-refractivity contribution is 6.62. The average molecular weight is 356 g/mol. The molecule has 1 saturated heterocycles. The third kappa shape index (κ3) is 2.39. The minimum absolute atomic E-state index is 0.358. The number of rotatable bonds is 1. The van der Waals surface area contributed by atoms with Crippen LogP contribution >= 0.6 is 0 Å². The lowest BCUT2D eigenvalue weighted by Gasteiger charge is -2.32. The Morgan fingerprint density at radius 3 is 1.89 bits per heavy atom. The molecule has 0 amide bonds. The Morgan fingerprint density at radius 2 is 1.26 bits per heavy atom. The highest BCUT2D eigenvalue weighted by Gasteiger charge is 2.51. The first-order valence-electron chi connectivity index (χ1n) is 9.28. The Bertz CT molecular complexity index is 1150. The summed E-state index contributed by atoms with van der Waals surface area (Å²) in [7, 11) is -0.379. The predicted octanol–water partition coefficient (Wildman–Crippen LogP) is 4.24. The van der Waals surface area contributed by atoms with Gasteiger partial charge < -0.3 is 9.31 Å². The summed E-state index contributed by atoms with van der Waals surface area (Å²) in [5.74, 6) is 0. The number of hydrogen-bond donors (Lipinski definition) is 0. The lowest BCUT2D eigenvalue weighted by molar-refractivity contribution is 0.00578. The Kier molecular flexibility index (Phi) is 3.40. The molecular formula is C22H21BN2O2. The lowest BCUT2D eigenvalue weighted by atomic mass is 9.77. The van der Waals surface area contributed by atoms with Crippen LogP contribution < -0.4 is 5.46 Å². The highest BCUT2D eigenvalue weighted by Crippen LogP contribution is 2.37. The Morgan fingerprint density at radius 1 is 0.704 bits per heavy atom. The monoisotopic (exact) mass is 356 g/mol. The SMILES string of the molecule is CC1(C)OB(c2ccc3c(c2)c2ccccc2c2nccnc32)OC1(C)C. The highest BCUT2D eigenvalue weighted by atomic mass is 16.7. The number of fused-ring (bicyclic) bond motifs is 6. The summed E-state index contributed by atoms with van der Waals surface area (Å²) in [6.45, 7) is 8.30. The van der Waals surface area contributed by atoms with Crippen molar-refractivity contribution in [1.82, 2.24) is 9.97 Å². The van der Waals surface area contributed by atoms with Crippen LogP contribution in [0.1, 0.15) is 27.7 Å². The first kappa shape index (κ1) is 16.7. The van der Waals surface area contributed by atoms with Gasteiger partial charge in [-0.15, -0.1) is 0 Å². The van der Waals surface area contributed by atoms with Crippen LogP contribution in [0.3, 0.4) is 0 Å². The van der Waals surface area contributed by atoms with E-state index in [9.17, 15) is 0 Å². The normalized spacial score (nSPS) is 18.6. The zero-order chi connectivity index (χ0) is 18.8. The maximum absolute atomic E-state index is 6.25. The molecule has 1 aromatic heterocycles. The molecule has 0 saturated carbocycles. The van der Waals surface area contributed by atoms with E-state index >= 15 is 0 Å². The fraction of sp³-hybridized carbons (Fsp3) is 0.273. The first-order chi connectivity index (χ1) is 12.9. The van der Waals surface area contributed by atoms with Gasteiger partial charge in [0.2, 0.25) is 0 Å². The van der Waals surface area contributed by atoms with Crippen LogP contribution in [0.4, 0.5) is 0 Å². The standard InChI is InChI=1S/C22H21BN2O2/c1-21(2)22(3,4)27-23(26-21)14-9-10-17-18(13-14)15-7-5-6-8-16(15)19-20(17)25-12-11-24-19/h5-13H,1-4H3. The number of benzene rings is 3. The van der Waals surface area contributed by atoms with E-state index in [1.807, 2.05) is 6.07 Å². The molecule has 5 heteroatoms. The topological polar surface area (TPSA) is 44.2 Å². The van der Waals surface area contributed by atoms with E-state index in [1.165, 1.54) is 5.39 Å². The molecule has 134 valence electrons. The molecule has 5 rings (SSSR count). The van der Waals surface area contributed by atoms with Crippen LogP contribution in [0.2, 0.25) is 0 Å². The van der Waals surface area contributed by atoms with Crippen LogP contribution in [0.25, 0.3) is 32.6 Å². The number of aromatic nitrogens is 2. The maximum Gasteiger partial charge on any atom is 0.494 e. The maximum atomic E-state index is 6.25. The molecule has 27 heavy (non-hydrogen) atoms. The van der Waals surface area contributed by atoms with E-state index in [0.29, 0.717) is 0 Å². The van der Waals surface area contributed by atoms with Crippen LogP contribution in [-0.4, -0.2) is 28.3 Å². The molecule has 2 heterocycles. The fourth-order valence-corrected chi connectivity index (χ4v) is 3.77. The van der Waals surface area contributed by atoms with Crippen molar-refractivity contribution in [2.24, 2.45) is 0 Å². The zero-order valence-electron chi connectivity index (χ0n) is 16.0. The molecule has 0 N–H and O–H groups in total. The minimum Gasteiger partial charge on any atom is -0.399 e. The van der Waals surface area contributed by atoms with E-state index in [0.717, 1.165) is 32.7 Å². The quantitative estimate of drug-likeness (QED) is 0.378. The zero-order valence-corrected chi connectivity index (χ0v) is 16.0. The Hall–Kier alpha value is -2.50. The van der Waals surface area contributed by atoms with Gasteiger partial charge in [0, 0.05) is 23.2 Å². The number of hydrogen-bond acceptors (Lipinski definition) is 4. The van der Waals surface area contributed by atoms with Gasteiger partial charge in [-0.2, -0.15) is 0 Å². The molecule has 1 fully saturated rings. The van der Waals surface area contributed by atoms with Crippen molar-refractivity contribution in [3.05, 3.63) is 54.9 Å². The van der Waals surface area contributed by atoms with E-state index in [4.69, 9.17) is 9.31 Å². The number of nitrogens with zero attached hydrogens (tertiary/aromatic N) is 2. The summed E-state index contributed by atoms with van der Waals surface area (Å²) >= 11 is 0. The molecule has 4 aromatic rings. The van der Waals surface area contributed by atoms with Crippen LogP contribution in [0.5, 0.6) is 0 Å². The second-order valence-electron chi connectivity index (χ2n) is 8.19. The molecule has 1 aliphatic heterocycles. The Labute approximate surface area is 158 Å². The summed E-state index contributed by atoms with van der Waals surface area (Å²) in [5.41, 5.74) is 2.16. The van der Waals surface area contributed by atoms with Crippen molar-refractivity contribution in [3.63, 3.8) is 0 Å². The van der Waals surface area contributed by atoms with Gasteiger partial charge in [-0.25, -0.2) is 0 Å². The molecular weight excluding hydrogens is 335 g/mol. The molecule has 0 bridgehead atoms. The van der Waals surface area contributed by atoms with Crippen molar-refractivity contribution >= 4 is 45.2 Å². The second-order valence-corrected chi connectivity index (χ2v) is 8.19. The molecule has 4 nitrogen and oxygen atoms in total. The van der Waals surface area contributed by atoms with E-state index in [-0.39, 0.29) is 18.3 Å². The van der Waals surface area contributed by atoms with Gasteiger partial charge in [-0.3, -0.25) is 9.97 Å². The van der Waals surface area contributed by atoms with Gasteiger partial charge in [0.25, 0.3) is 0 Å². The molecule has 1 aliphatic rings. The molecule has 0 spiro atoms. The van der Waals surface area contributed by atoms with Crippen molar-refractivity contribution in [3.8, 4) is 0 Å². The van der Waals surface area contributed by atoms with Crippen molar-refractivity contribution in [2.75, 3.05) is 0 Å². The van der Waals surface area contributed by atoms with Gasteiger partial charge in [0.1, 0.15) is 0 Å². The van der Waals surface area contributed by atoms with Gasteiger partial charge in [0.15, 0.2) is 0 Å². The third-order valence-electron chi connectivity index (χ3n) is 5.99. The second kappa shape index (κ2) is 5.50. The summed E-state index contributed by atoms with van der Waals surface area (Å²) in [6.07, 6.45) is 3.50. The molecule has 0 unspecified atom stereocenters. The van der Waals surface area contributed by atoms with Gasteiger partial charge in [0.05, 0.1) is 22.2 Å². The fourth-order valence-electron chi connectivity index (χ4n) is 3.77. The summed E-state index contributed by atoms with van der Waals surface area (Å²) in [6, 6.07) is 14.7. The largest absolute Gasteiger partial charge is 0.494 e. The molecule has 3 aromatic carbocycles. The smallest absolute Gasteiger partial charge is 0.399 e. The van der Waals surface area contributed by atoms with Crippen molar-refractivity contribution in [2.45, 2.75) is 38.9 Å². The summed E-state index contributed by atoms with van der Waals surface area (Å²) in [5, 5.41) is 4.51. The lowest BCUT2D eigenvalue weighted by Crippen LogP contribution is -2.41. The van der Waals surface area contributed by atoms with Crippen LogP contribution in [0, 0.1) is 0 Å². The Balaban J connectivity index is 1.78. The average Bonchev–Trinajstić information content (AvgIpc) is 2.89. The van der Waals surface area contributed by atoms with Crippen molar-refractivity contribution < 1.29 is 9.31 Å². The van der Waals surface area contributed by atoms with E-state index in [1.54, 1.807) is 12.4 Å². The van der Waals surface area contributed by atoms with Gasteiger partial charge >= 0.3 is 7.12 Å².